The maximum absolute atomic E-state index is 11.9. The van der Waals surface area contributed by atoms with Crippen LogP contribution in [0.2, 0.25) is 5.02 Å². The lowest BCUT2D eigenvalue weighted by Gasteiger charge is -1.99. The zero-order valence-electron chi connectivity index (χ0n) is 9.44. The lowest BCUT2D eigenvalue weighted by atomic mass is 10.1. The maximum Gasteiger partial charge on any atom is 0.187 e. The Kier molecular flexibility index (Phi) is 4.19. The molecular weight excluding hydrogens is 267 g/mol. The third kappa shape index (κ3) is 3.22. The van der Waals surface area contributed by atoms with Crippen molar-refractivity contribution in [2.75, 3.05) is 0 Å². The third-order valence-corrected chi connectivity index (χ3v) is 3.02. The molecule has 0 saturated heterocycles. The number of allylic oxidation sites excluding steroid dienone is 1. The van der Waals surface area contributed by atoms with Gasteiger partial charge in [-0.3, -0.25) is 4.79 Å². The average Bonchev–Trinajstić information content (AvgIpc) is 2.40. The Labute approximate surface area is 116 Å². The summed E-state index contributed by atoms with van der Waals surface area (Å²) in [6, 6.07) is 16.1. The number of benzene rings is 2. The average molecular weight is 277 g/mol. The molecule has 0 unspecified atom stereocenters. The fourth-order valence-electron chi connectivity index (χ4n) is 1.49. The molecule has 0 aromatic heterocycles. The van der Waals surface area contributed by atoms with Gasteiger partial charge >= 0.3 is 0 Å². The molecule has 90 valence electrons. The minimum atomic E-state index is -0.138. The number of halogens is 2. The van der Waals surface area contributed by atoms with Gasteiger partial charge in [-0.2, -0.15) is 0 Å². The first-order chi connectivity index (χ1) is 8.66. The van der Waals surface area contributed by atoms with Crippen LogP contribution >= 0.6 is 23.2 Å². The van der Waals surface area contributed by atoms with E-state index in [-0.39, 0.29) is 5.78 Å². The summed E-state index contributed by atoms with van der Waals surface area (Å²) in [5.41, 5.74) is 1.38. The molecule has 0 aliphatic heterocycles. The normalized spacial score (nSPS) is 11.3. The highest BCUT2D eigenvalue weighted by Crippen LogP contribution is 2.19. The van der Waals surface area contributed by atoms with Gasteiger partial charge in [-0.05, 0) is 29.8 Å². The topological polar surface area (TPSA) is 17.1 Å². The number of hydrogen-bond donors (Lipinski definition) is 0. The fraction of sp³-hybridized carbons (Fsp3) is 0. The molecule has 1 nitrogen and oxygen atoms in total. The van der Waals surface area contributed by atoms with Crippen molar-refractivity contribution in [3.63, 3.8) is 0 Å². The van der Waals surface area contributed by atoms with Crippen LogP contribution < -0.4 is 0 Å². The highest BCUT2D eigenvalue weighted by molar-refractivity contribution is 6.50. The predicted octanol–water partition coefficient (Wildman–Crippen LogP) is 4.80. The standard InChI is InChI=1S/C15H10Cl2O/c16-13-8-6-12(7-9-13)15(18)10-14(17)11-4-2-1-3-5-11/h1-10H/b14-10-. The van der Waals surface area contributed by atoms with Crippen LogP contribution in [0.3, 0.4) is 0 Å². The second kappa shape index (κ2) is 5.85. The van der Waals surface area contributed by atoms with Crippen LogP contribution in [-0.4, -0.2) is 5.78 Å². The first kappa shape index (κ1) is 12.9. The molecule has 0 saturated carbocycles. The SMILES string of the molecule is O=C(/C=C(\Cl)c1ccccc1)c1ccc(Cl)cc1. The predicted molar refractivity (Wildman–Crippen MR) is 76.1 cm³/mol. The molecule has 18 heavy (non-hydrogen) atoms. The van der Waals surface area contributed by atoms with Gasteiger partial charge < -0.3 is 0 Å². The minimum absolute atomic E-state index is 0.138. The van der Waals surface area contributed by atoms with Crippen molar-refractivity contribution in [1.82, 2.24) is 0 Å². The molecule has 3 heteroatoms. The second-order valence-corrected chi connectivity index (χ2v) is 4.57. The van der Waals surface area contributed by atoms with E-state index >= 15 is 0 Å². The molecule has 2 aromatic carbocycles. The summed E-state index contributed by atoms with van der Waals surface area (Å²) in [7, 11) is 0. The molecule has 0 spiro atoms. The van der Waals surface area contributed by atoms with E-state index < -0.39 is 0 Å². The van der Waals surface area contributed by atoms with Crippen LogP contribution in [0.15, 0.2) is 60.7 Å². The number of ketones is 1. The van der Waals surface area contributed by atoms with E-state index in [9.17, 15) is 4.79 Å². The zero-order chi connectivity index (χ0) is 13.0. The van der Waals surface area contributed by atoms with E-state index in [1.807, 2.05) is 30.3 Å². The first-order valence-corrected chi connectivity index (χ1v) is 6.15. The molecule has 0 heterocycles. The first-order valence-electron chi connectivity index (χ1n) is 5.39. The van der Waals surface area contributed by atoms with Gasteiger partial charge in [0.2, 0.25) is 0 Å². The van der Waals surface area contributed by atoms with Gasteiger partial charge in [0, 0.05) is 16.7 Å². The molecule has 0 bridgehead atoms. The lowest BCUT2D eigenvalue weighted by Crippen LogP contribution is -1.94. The van der Waals surface area contributed by atoms with Crippen molar-refractivity contribution in [2.45, 2.75) is 0 Å². The van der Waals surface area contributed by atoms with Crippen molar-refractivity contribution in [3.05, 3.63) is 76.8 Å². The third-order valence-electron chi connectivity index (χ3n) is 2.44. The zero-order valence-corrected chi connectivity index (χ0v) is 10.9. The summed E-state index contributed by atoms with van der Waals surface area (Å²) in [6.07, 6.45) is 1.42. The Hall–Kier alpha value is -1.57. The number of carbonyl (C=O) groups is 1. The molecule has 0 aliphatic rings. The molecule has 0 N–H and O–H groups in total. The van der Waals surface area contributed by atoms with Crippen molar-refractivity contribution >= 4 is 34.0 Å². The molecular formula is C15H10Cl2O. The molecule has 0 radical (unpaired) electrons. The maximum atomic E-state index is 11.9. The van der Waals surface area contributed by atoms with E-state index in [0.29, 0.717) is 15.6 Å². The van der Waals surface area contributed by atoms with Gasteiger partial charge in [-0.15, -0.1) is 0 Å². The van der Waals surface area contributed by atoms with E-state index in [4.69, 9.17) is 23.2 Å². The number of rotatable bonds is 3. The molecule has 2 aromatic rings. The van der Waals surface area contributed by atoms with Crippen molar-refractivity contribution in [3.8, 4) is 0 Å². The Balaban J connectivity index is 2.23. The van der Waals surface area contributed by atoms with Gasteiger partial charge in [0.15, 0.2) is 5.78 Å². The summed E-state index contributed by atoms with van der Waals surface area (Å²) in [5.74, 6) is -0.138. The number of carbonyl (C=O) groups excluding carboxylic acids is 1. The smallest absolute Gasteiger partial charge is 0.187 e. The summed E-state index contributed by atoms with van der Waals surface area (Å²) >= 11 is 11.9. The van der Waals surface area contributed by atoms with Crippen LogP contribution in [-0.2, 0) is 0 Å². The highest BCUT2D eigenvalue weighted by atomic mass is 35.5. The van der Waals surface area contributed by atoms with Crippen molar-refractivity contribution in [2.24, 2.45) is 0 Å². The molecule has 0 atom stereocenters. The molecule has 0 amide bonds. The summed E-state index contributed by atoms with van der Waals surface area (Å²) in [4.78, 5) is 11.9. The fourth-order valence-corrected chi connectivity index (χ4v) is 1.84. The van der Waals surface area contributed by atoms with Gasteiger partial charge in [0.25, 0.3) is 0 Å². The highest BCUT2D eigenvalue weighted by Gasteiger charge is 2.05. The Morgan fingerprint density at radius 3 is 2.11 bits per heavy atom. The lowest BCUT2D eigenvalue weighted by molar-refractivity contribution is 0.104. The van der Waals surface area contributed by atoms with E-state index in [0.717, 1.165) is 5.56 Å². The molecule has 2 rings (SSSR count). The minimum Gasteiger partial charge on any atom is -0.289 e. The van der Waals surface area contributed by atoms with Crippen LogP contribution in [0.1, 0.15) is 15.9 Å². The van der Waals surface area contributed by atoms with Crippen LogP contribution in [0.4, 0.5) is 0 Å². The second-order valence-electron chi connectivity index (χ2n) is 3.73. The Morgan fingerprint density at radius 2 is 1.50 bits per heavy atom. The van der Waals surface area contributed by atoms with Crippen LogP contribution in [0.25, 0.3) is 5.03 Å². The number of hydrogen-bond acceptors (Lipinski definition) is 1. The quantitative estimate of drug-likeness (QED) is 0.581. The van der Waals surface area contributed by atoms with Gasteiger partial charge in [0.1, 0.15) is 0 Å². The monoisotopic (exact) mass is 276 g/mol. The van der Waals surface area contributed by atoms with E-state index in [1.165, 1.54) is 6.08 Å². The van der Waals surface area contributed by atoms with Gasteiger partial charge in [-0.1, -0.05) is 53.5 Å². The van der Waals surface area contributed by atoms with E-state index in [2.05, 4.69) is 0 Å². The van der Waals surface area contributed by atoms with Crippen LogP contribution in [0, 0.1) is 0 Å². The van der Waals surface area contributed by atoms with Crippen molar-refractivity contribution < 1.29 is 4.79 Å². The summed E-state index contributed by atoms with van der Waals surface area (Å²) < 4.78 is 0. The Bertz CT molecular complexity index is 571. The molecule has 0 fully saturated rings. The Morgan fingerprint density at radius 1 is 0.889 bits per heavy atom. The summed E-state index contributed by atoms with van der Waals surface area (Å²) in [5, 5.41) is 1.03. The van der Waals surface area contributed by atoms with E-state index in [1.54, 1.807) is 24.3 Å². The summed E-state index contributed by atoms with van der Waals surface area (Å²) in [6.45, 7) is 0. The van der Waals surface area contributed by atoms with Gasteiger partial charge in [-0.25, -0.2) is 0 Å². The van der Waals surface area contributed by atoms with Gasteiger partial charge in [0.05, 0.1) is 5.03 Å². The largest absolute Gasteiger partial charge is 0.289 e. The van der Waals surface area contributed by atoms with Crippen molar-refractivity contribution in [1.29, 1.82) is 0 Å². The van der Waals surface area contributed by atoms with Crippen LogP contribution in [0.5, 0.6) is 0 Å². The molecule has 0 aliphatic carbocycles.